The van der Waals surface area contributed by atoms with Crippen LogP contribution in [-0.4, -0.2) is 56.3 Å². The first-order chi connectivity index (χ1) is 12.2. The van der Waals surface area contributed by atoms with E-state index in [0.29, 0.717) is 17.3 Å². The number of thiophene rings is 1. The van der Waals surface area contributed by atoms with Crippen LogP contribution in [0.5, 0.6) is 0 Å². The molecule has 0 fully saturated rings. The molecule has 0 saturated carbocycles. The van der Waals surface area contributed by atoms with E-state index in [4.69, 9.17) is 0 Å². The fourth-order valence-corrected chi connectivity index (χ4v) is 5.24. The van der Waals surface area contributed by atoms with E-state index in [9.17, 15) is 8.42 Å². The van der Waals surface area contributed by atoms with E-state index in [0.717, 1.165) is 28.1 Å². The lowest BCUT2D eigenvalue weighted by atomic mass is 10.4. The summed E-state index contributed by atoms with van der Waals surface area (Å²) in [6.07, 6.45) is 0. The van der Waals surface area contributed by atoms with Gasteiger partial charge in [-0.2, -0.15) is 0 Å². The van der Waals surface area contributed by atoms with Gasteiger partial charge in [-0.25, -0.2) is 22.7 Å². The topological polar surface area (TPSA) is 77.9 Å². The summed E-state index contributed by atoms with van der Waals surface area (Å²) in [4.78, 5) is 12.0. The summed E-state index contributed by atoms with van der Waals surface area (Å²) < 4.78 is 25.9. The molecule has 0 atom stereocenters. The second-order valence-corrected chi connectivity index (χ2v) is 10.5. The molecule has 0 bridgehead atoms. The molecular formula is C16H26IN5O2S3. The molecule has 0 aromatic carbocycles. The number of hydrogen-bond acceptors (Lipinski definition) is 6. The van der Waals surface area contributed by atoms with Gasteiger partial charge in [0, 0.05) is 37.9 Å². The predicted molar refractivity (Wildman–Crippen MR) is 124 cm³/mol. The summed E-state index contributed by atoms with van der Waals surface area (Å²) in [7, 11) is 1.64. The second-order valence-electron chi connectivity index (χ2n) is 5.89. The minimum absolute atomic E-state index is 0. The number of halogens is 1. The van der Waals surface area contributed by atoms with Crippen molar-refractivity contribution in [2.75, 3.05) is 27.7 Å². The van der Waals surface area contributed by atoms with Crippen LogP contribution in [0.25, 0.3) is 0 Å². The number of nitrogens with zero attached hydrogens (tertiary/aromatic N) is 4. The van der Waals surface area contributed by atoms with Crippen LogP contribution >= 0.6 is 46.7 Å². The molecule has 0 aliphatic rings. The van der Waals surface area contributed by atoms with Gasteiger partial charge in [0.1, 0.15) is 4.21 Å². The van der Waals surface area contributed by atoms with Gasteiger partial charge in [-0.15, -0.1) is 46.7 Å². The van der Waals surface area contributed by atoms with Crippen molar-refractivity contribution in [2.24, 2.45) is 4.99 Å². The van der Waals surface area contributed by atoms with E-state index in [2.05, 4.69) is 15.3 Å². The highest BCUT2D eigenvalue weighted by molar-refractivity contribution is 14.0. The molecule has 0 unspecified atom stereocenters. The minimum Gasteiger partial charge on any atom is -0.357 e. The first-order valence-corrected chi connectivity index (χ1v) is 11.3. The Morgan fingerprint density at radius 1 is 1.30 bits per heavy atom. The molecule has 0 aliphatic carbocycles. The molecule has 0 amide bonds. The molecule has 11 heteroatoms. The molecule has 1 N–H and O–H groups in total. The third-order valence-corrected chi connectivity index (χ3v) is 7.69. The molecule has 7 nitrogen and oxygen atoms in total. The highest BCUT2D eigenvalue weighted by Gasteiger charge is 2.19. The highest BCUT2D eigenvalue weighted by Crippen LogP contribution is 2.24. The molecule has 152 valence electrons. The molecule has 2 aromatic rings. The van der Waals surface area contributed by atoms with Crippen LogP contribution in [0.3, 0.4) is 0 Å². The number of guanidine groups is 1. The van der Waals surface area contributed by atoms with Crippen molar-refractivity contribution in [3.63, 3.8) is 0 Å². The Hall–Kier alpha value is -0.760. The van der Waals surface area contributed by atoms with Crippen LogP contribution in [0.2, 0.25) is 0 Å². The number of thiazole rings is 1. The first kappa shape index (κ1) is 24.3. The normalized spacial score (nSPS) is 12.1. The van der Waals surface area contributed by atoms with Crippen molar-refractivity contribution in [3.8, 4) is 0 Å². The van der Waals surface area contributed by atoms with Gasteiger partial charge in [0.2, 0.25) is 0 Å². The summed E-state index contributed by atoms with van der Waals surface area (Å²) in [6.45, 7) is 5.86. The van der Waals surface area contributed by atoms with Crippen molar-refractivity contribution < 1.29 is 8.42 Å². The van der Waals surface area contributed by atoms with E-state index in [1.165, 1.54) is 29.7 Å². The maximum absolute atomic E-state index is 12.2. The molecule has 0 spiro atoms. The number of aromatic nitrogens is 1. The zero-order valence-corrected chi connectivity index (χ0v) is 20.9. The van der Waals surface area contributed by atoms with Crippen LogP contribution in [0, 0.1) is 6.92 Å². The zero-order valence-electron chi connectivity index (χ0n) is 16.1. The van der Waals surface area contributed by atoms with Crippen LogP contribution in [0.15, 0.2) is 26.7 Å². The molecule has 0 saturated heterocycles. The lowest BCUT2D eigenvalue weighted by Crippen LogP contribution is -2.38. The lowest BCUT2D eigenvalue weighted by Gasteiger charge is -2.21. The molecule has 2 aromatic heterocycles. The van der Waals surface area contributed by atoms with Crippen molar-refractivity contribution in [2.45, 2.75) is 31.1 Å². The van der Waals surface area contributed by atoms with Crippen molar-refractivity contribution >= 4 is 62.6 Å². The van der Waals surface area contributed by atoms with E-state index in [-0.39, 0.29) is 24.0 Å². The molecule has 0 aliphatic heterocycles. The number of nitrogens with one attached hydrogen (secondary N) is 1. The average Bonchev–Trinajstić information content (AvgIpc) is 3.20. The summed E-state index contributed by atoms with van der Waals surface area (Å²) in [5.74, 6) is 0.767. The van der Waals surface area contributed by atoms with E-state index < -0.39 is 10.0 Å². The molecule has 0 radical (unpaired) electrons. The van der Waals surface area contributed by atoms with Crippen LogP contribution in [-0.2, 0) is 23.1 Å². The summed E-state index contributed by atoms with van der Waals surface area (Å²) in [6, 6.07) is 3.46. The van der Waals surface area contributed by atoms with E-state index in [1.807, 2.05) is 37.2 Å². The average molecular weight is 544 g/mol. The number of sulfonamides is 1. The minimum atomic E-state index is -3.39. The van der Waals surface area contributed by atoms with Gasteiger partial charge >= 0.3 is 0 Å². The Labute approximate surface area is 186 Å². The third kappa shape index (κ3) is 6.66. The maximum Gasteiger partial charge on any atom is 0.252 e. The molecular weight excluding hydrogens is 517 g/mol. The predicted octanol–water partition coefficient (Wildman–Crippen LogP) is 2.98. The van der Waals surface area contributed by atoms with Crippen LogP contribution < -0.4 is 5.32 Å². The van der Waals surface area contributed by atoms with Gasteiger partial charge < -0.3 is 10.2 Å². The van der Waals surface area contributed by atoms with Gasteiger partial charge in [-0.05, 0) is 26.0 Å². The van der Waals surface area contributed by atoms with Crippen LogP contribution in [0.4, 0.5) is 0 Å². The molecule has 2 heterocycles. The van der Waals surface area contributed by atoms with Gasteiger partial charge in [0.05, 0.1) is 23.8 Å². The fraction of sp³-hybridized carbons (Fsp3) is 0.500. The third-order valence-electron chi connectivity index (χ3n) is 3.52. The first-order valence-electron chi connectivity index (χ1n) is 8.15. The zero-order chi connectivity index (χ0) is 19.3. The fourth-order valence-electron chi connectivity index (χ4n) is 2.18. The van der Waals surface area contributed by atoms with Crippen molar-refractivity contribution in [1.82, 2.24) is 19.5 Å². The maximum atomic E-state index is 12.2. The number of aryl methyl sites for hydroxylation is 1. The molecule has 27 heavy (non-hydrogen) atoms. The monoisotopic (exact) mass is 543 g/mol. The number of aliphatic imine (C=N–C) groups is 1. The van der Waals surface area contributed by atoms with E-state index >= 15 is 0 Å². The number of rotatable bonds is 7. The highest BCUT2D eigenvalue weighted by atomic mass is 127. The SMILES string of the molecule is CCNC(=NCc1ccc(S(=O)(=O)N(C)C)s1)N(C)Cc1csc(C)n1.I. The summed E-state index contributed by atoms with van der Waals surface area (Å²) in [5, 5.41) is 6.36. The second kappa shape index (κ2) is 10.7. The summed E-state index contributed by atoms with van der Waals surface area (Å²) >= 11 is 2.89. The van der Waals surface area contributed by atoms with Gasteiger partial charge in [-0.3, -0.25) is 0 Å². The van der Waals surface area contributed by atoms with E-state index in [1.54, 1.807) is 17.4 Å². The standard InChI is InChI=1S/C16H25N5O2S3.HI/c1-6-17-16(21(5)10-13-11-24-12(2)19-13)18-9-14-7-8-15(25-14)26(22,23)20(3)4;/h7-8,11H,6,9-10H2,1-5H3,(H,17,18);1H. The lowest BCUT2D eigenvalue weighted by molar-refractivity contribution is 0.471. The summed E-state index contributed by atoms with van der Waals surface area (Å²) in [5.41, 5.74) is 1.01. The Morgan fingerprint density at radius 2 is 2.00 bits per heavy atom. The van der Waals surface area contributed by atoms with Gasteiger partial charge in [0.25, 0.3) is 10.0 Å². The largest absolute Gasteiger partial charge is 0.357 e. The Kier molecular flexibility index (Phi) is 9.62. The Bertz CT molecular complexity index is 861. The smallest absolute Gasteiger partial charge is 0.252 e. The Balaban J connectivity index is 0.00000364. The molecule has 2 rings (SSSR count). The van der Waals surface area contributed by atoms with Crippen LogP contribution in [0.1, 0.15) is 22.5 Å². The van der Waals surface area contributed by atoms with Crippen molar-refractivity contribution in [1.29, 1.82) is 0 Å². The van der Waals surface area contributed by atoms with Crippen molar-refractivity contribution in [3.05, 3.63) is 33.1 Å². The quantitative estimate of drug-likeness (QED) is 0.330. The van der Waals surface area contributed by atoms with Gasteiger partial charge in [0.15, 0.2) is 5.96 Å². The Morgan fingerprint density at radius 3 is 2.56 bits per heavy atom. The number of hydrogen-bond donors (Lipinski definition) is 1. The van der Waals surface area contributed by atoms with Gasteiger partial charge in [-0.1, -0.05) is 0 Å².